The second-order valence-corrected chi connectivity index (χ2v) is 7.86. The number of aryl methyl sites for hydroxylation is 3. The lowest BCUT2D eigenvalue weighted by molar-refractivity contribution is -0.133. The maximum atomic E-state index is 13.1. The molecule has 0 aromatic heterocycles. The highest BCUT2D eigenvalue weighted by Crippen LogP contribution is 2.20. The van der Waals surface area contributed by atoms with E-state index in [0.717, 1.165) is 12.0 Å². The highest BCUT2D eigenvalue weighted by atomic mass is 16.2. The van der Waals surface area contributed by atoms with Crippen molar-refractivity contribution < 1.29 is 9.59 Å². The van der Waals surface area contributed by atoms with Crippen molar-refractivity contribution in [1.82, 2.24) is 10.2 Å². The van der Waals surface area contributed by atoms with Gasteiger partial charge in [-0.05, 0) is 55.9 Å². The molecule has 0 saturated carbocycles. The van der Waals surface area contributed by atoms with Gasteiger partial charge in [0.2, 0.25) is 11.8 Å². The summed E-state index contributed by atoms with van der Waals surface area (Å²) < 4.78 is 0. The van der Waals surface area contributed by atoms with Crippen LogP contribution in [0.25, 0.3) is 0 Å². The van der Waals surface area contributed by atoms with Crippen molar-refractivity contribution in [3.05, 3.63) is 70.3 Å². The van der Waals surface area contributed by atoms with Crippen molar-refractivity contribution in [3.63, 3.8) is 0 Å². The van der Waals surface area contributed by atoms with E-state index >= 15 is 0 Å². The van der Waals surface area contributed by atoms with Crippen molar-refractivity contribution in [2.24, 2.45) is 0 Å². The second-order valence-electron chi connectivity index (χ2n) is 7.86. The molecule has 3 rings (SSSR count). The Kier molecular flexibility index (Phi) is 6.50. The molecular formula is C24H30N2O2. The topological polar surface area (TPSA) is 49.4 Å². The Morgan fingerprint density at radius 2 is 1.79 bits per heavy atom. The third kappa shape index (κ3) is 5.00. The molecule has 1 aliphatic heterocycles. The average molecular weight is 379 g/mol. The Labute approximate surface area is 167 Å². The van der Waals surface area contributed by atoms with E-state index in [0.29, 0.717) is 32.4 Å². The summed E-state index contributed by atoms with van der Waals surface area (Å²) >= 11 is 0. The van der Waals surface area contributed by atoms with E-state index in [1.807, 2.05) is 23.1 Å². The highest BCUT2D eigenvalue weighted by Gasteiger charge is 2.28. The van der Waals surface area contributed by atoms with Gasteiger partial charge in [-0.1, -0.05) is 48.0 Å². The van der Waals surface area contributed by atoms with Crippen LogP contribution in [0, 0.1) is 20.8 Å². The molecule has 1 heterocycles. The first-order valence-electron chi connectivity index (χ1n) is 10.1. The van der Waals surface area contributed by atoms with Crippen LogP contribution in [-0.2, 0) is 22.4 Å². The third-order valence-corrected chi connectivity index (χ3v) is 5.60. The number of hydrogen-bond donors (Lipinski definition) is 1. The smallest absolute Gasteiger partial charge is 0.223 e. The standard InChI is InChI=1S/C24H30N2O2/c1-17-13-18(2)22(19(3)14-17)9-10-24(28)26-12-11-25-23(27)16-21(26)15-20-7-5-4-6-8-20/h4-8,13-14,21H,9-12,15-16H2,1-3H3,(H,25,27)/t21-/m0/s1. The number of carbonyl (C=O) groups excluding carboxylic acids is 2. The maximum absolute atomic E-state index is 13.1. The molecule has 148 valence electrons. The lowest BCUT2D eigenvalue weighted by Gasteiger charge is -2.29. The van der Waals surface area contributed by atoms with Crippen LogP contribution in [0.4, 0.5) is 0 Å². The lowest BCUT2D eigenvalue weighted by atomic mass is 9.95. The zero-order valence-corrected chi connectivity index (χ0v) is 17.1. The van der Waals surface area contributed by atoms with E-state index in [1.54, 1.807) is 0 Å². The second kappa shape index (κ2) is 9.05. The fraction of sp³-hybridized carbons (Fsp3) is 0.417. The van der Waals surface area contributed by atoms with E-state index in [1.165, 1.54) is 22.3 Å². The molecule has 1 fully saturated rings. The zero-order valence-electron chi connectivity index (χ0n) is 17.1. The predicted octanol–water partition coefficient (Wildman–Crippen LogP) is 3.50. The number of benzene rings is 2. The molecule has 0 spiro atoms. The molecule has 0 unspecified atom stereocenters. The number of hydrogen-bond acceptors (Lipinski definition) is 2. The first-order chi connectivity index (χ1) is 13.4. The molecule has 2 aromatic carbocycles. The van der Waals surface area contributed by atoms with Gasteiger partial charge in [-0.2, -0.15) is 0 Å². The molecule has 2 amide bonds. The predicted molar refractivity (Wildman–Crippen MR) is 112 cm³/mol. The van der Waals surface area contributed by atoms with Crippen molar-refractivity contribution >= 4 is 11.8 Å². The summed E-state index contributed by atoms with van der Waals surface area (Å²) in [6.07, 6.45) is 2.29. The van der Waals surface area contributed by atoms with Crippen molar-refractivity contribution in [1.29, 1.82) is 0 Å². The minimum atomic E-state index is -0.0855. The average Bonchev–Trinajstić information content (AvgIpc) is 2.82. The van der Waals surface area contributed by atoms with E-state index in [-0.39, 0.29) is 17.9 Å². The molecule has 0 bridgehead atoms. The van der Waals surface area contributed by atoms with E-state index in [4.69, 9.17) is 0 Å². The Balaban J connectivity index is 1.72. The Morgan fingerprint density at radius 3 is 2.46 bits per heavy atom. The number of rotatable bonds is 5. The van der Waals surface area contributed by atoms with E-state index < -0.39 is 0 Å². The summed E-state index contributed by atoms with van der Waals surface area (Å²) in [5.74, 6) is 0.165. The minimum Gasteiger partial charge on any atom is -0.354 e. The zero-order chi connectivity index (χ0) is 20.1. The summed E-state index contributed by atoms with van der Waals surface area (Å²) in [6, 6.07) is 14.4. The van der Waals surface area contributed by atoms with Gasteiger partial charge in [0.1, 0.15) is 0 Å². The number of nitrogens with zero attached hydrogens (tertiary/aromatic N) is 1. The van der Waals surface area contributed by atoms with Crippen LogP contribution in [0.5, 0.6) is 0 Å². The van der Waals surface area contributed by atoms with Gasteiger partial charge in [0, 0.05) is 32.0 Å². The molecular weight excluding hydrogens is 348 g/mol. The van der Waals surface area contributed by atoms with Gasteiger partial charge in [0.25, 0.3) is 0 Å². The molecule has 1 aliphatic rings. The summed E-state index contributed by atoms with van der Waals surface area (Å²) in [4.78, 5) is 27.1. The van der Waals surface area contributed by atoms with Gasteiger partial charge in [-0.25, -0.2) is 0 Å². The highest BCUT2D eigenvalue weighted by molar-refractivity contribution is 5.81. The SMILES string of the molecule is Cc1cc(C)c(CCC(=O)N2CCNC(=O)C[C@@H]2Cc2ccccc2)c(C)c1. The van der Waals surface area contributed by atoms with Gasteiger partial charge >= 0.3 is 0 Å². The maximum Gasteiger partial charge on any atom is 0.223 e. The van der Waals surface area contributed by atoms with Crippen LogP contribution in [-0.4, -0.2) is 35.8 Å². The first-order valence-corrected chi connectivity index (χ1v) is 10.1. The summed E-state index contributed by atoms with van der Waals surface area (Å²) in [5.41, 5.74) is 6.18. The molecule has 0 aliphatic carbocycles. The van der Waals surface area contributed by atoms with Gasteiger partial charge < -0.3 is 10.2 Å². The van der Waals surface area contributed by atoms with Crippen molar-refractivity contribution in [2.75, 3.05) is 13.1 Å². The summed E-state index contributed by atoms with van der Waals surface area (Å²) in [7, 11) is 0. The monoisotopic (exact) mass is 378 g/mol. The molecule has 4 heteroatoms. The largest absolute Gasteiger partial charge is 0.354 e. The van der Waals surface area contributed by atoms with Crippen LogP contribution in [0.1, 0.15) is 40.7 Å². The molecule has 1 atom stereocenters. The quantitative estimate of drug-likeness (QED) is 0.866. The van der Waals surface area contributed by atoms with Gasteiger partial charge in [-0.15, -0.1) is 0 Å². The van der Waals surface area contributed by atoms with E-state index in [2.05, 4.69) is 50.4 Å². The molecule has 2 aromatic rings. The third-order valence-electron chi connectivity index (χ3n) is 5.60. The minimum absolute atomic E-state index is 0.0291. The molecule has 1 N–H and O–H groups in total. The molecule has 1 saturated heterocycles. The first kappa shape index (κ1) is 20.1. The summed E-state index contributed by atoms with van der Waals surface area (Å²) in [6.45, 7) is 7.44. The normalized spacial score (nSPS) is 17.2. The fourth-order valence-corrected chi connectivity index (χ4v) is 4.27. The molecule has 0 radical (unpaired) electrons. The van der Waals surface area contributed by atoms with Crippen molar-refractivity contribution in [3.8, 4) is 0 Å². The van der Waals surface area contributed by atoms with Crippen LogP contribution < -0.4 is 5.32 Å². The summed E-state index contributed by atoms with van der Waals surface area (Å²) in [5, 5.41) is 2.91. The van der Waals surface area contributed by atoms with Gasteiger partial charge in [-0.3, -0.25) is 9.59 Å². The Morgan fingerprint density at radius 1 is 1.11 bits per heavy atom. The Bertz CT molecular complexity index is 822. The van der Waals surface area contributed by atoms with Crippen LogP contribution in [0.3, 0.4) is 0 Å². The van der Waals surface area contributed by atoms with Gasteiger partial charge in [0.05, 0.1) is 0 Å². The number of carbonyl (C=O) groups is 2. The number of nitrogens with one attached hydrogen (secondary N) is 1. The Hall–Kier alpha value is -2.62. The lowest BCUT2D eigenvalue weighted by Crippen LogP contribution is -2.42. The molecule has 28 heavy (non-hydrogen) atoms. The van der Waals surface area contributed by atoms with Crippen LogP contribution >= 0.6 is 0 Å². The van der Waals surface area contributed by atoms with E-state index in [9.17, 15) is 9.59 Å². The van der Waals surface area contributed by atoms with Gasteiger partial charge in [0.15, 0.2) is 0 Å². The van der Waals surface area contributed by atoms with Crippen LogP contribution in [0.15, 0.2) is 42.5 Å². The fourth-order valence-electron chi connectivity index (χ4n) is 4.27. The van der Waals surface area contributed by atoms with Crippen LogP contribution in [0.2, 0.25) is 0 Å². The number of amides is 2. The van der Waals surface area contributed by atoms with Crippen molar-refractivity contribution in [2.45, 2.75) is 52.5 Å². The molecule has 4 nitrogen and oxygen atoms in total.